The number of halogens is 4. The van der Waals surface area contributed by atoms with Crippen molar-refractivity contribution in [3.63, 3.8) is 0 Å². The van der Waals surface area contributed by atoms with Crippen LogP contribution in [-0.2, 0) is 16.2 Å². The van der Waals surface area contributed by atoms with Crippen LogP contribution in [0.2, 0.25) is 5.02 Å². The topological polar surface area (TPSA) is 80.5 Å². The van der Waals surface area contributed by atoms with Gasteiger partial charge in [0.05, 0.1) is 26.1 Å². The first-order valence-electron chi connectivity index (χ1n) is 7.12. The van der Waals surface area contributed by atoms with E-state index in [4.69, 9.17) is 11.6 Å². The molecule has 11 heteroatoms. The van der Waals surface area contributed by atoms with E-state index in [1.807, 2.05) is 0 Å². The van der Waals surface area contributed by atoms with Crippen molar-refractivity contribution in [1.82, 2.24) is 0 Å². The van der Waals surface area contributed by atoms with Crippen LogP contribution in [-0.4, -0.2) is 19.9 Å². The Labute approximate surface area is 152 Å². The van der Waals surface area contributed by atoms with Crippen molar-refractivity contribution in [2.75, 3.05) is 10.8 Å². The highest BCUT2D eigenvalue weighted by Gasteiger charge is 2.33. The van der Waals surface area contributed by atoms with E-state index in [0.29, 0.717) is 10.4 Å². The van der Waals surface area contributed by atoms with Gasteiger partial charge in [0.25, 0.3) is 15.7 Å². The van der Waals surface area contributed by atoms with E-state index in [1.165, 1.54) is 6.92 Å². The number of benzene rings is 2. The molecule has 0 aliphatic heterocycles. The van der Waals surface area contributed by atoms with Gasteiger partial charge in [-0.05, 0) is 37.3 Å². The fourth-order valence-electron chi connectivity index (χ4n) is 2.22. The van der Waals surface area contributed by atoms with Gasteiger partial charge < -0.3 is 0 Å². The van der Waals surface area contributed by atoms with Crippen molar-refractivity contribution in [2.24, 2.45) is 0 Å². The molecule has 2 aromatic carbocycles. The molecule has 0 saturated heterocycles. The average Bonchev–Trinajstić information content (AvgIpc) is 2.56. The number of sulfonamides is 1. The van der Waals surface area contributed by atoms with Gasteiger partial charge in [0.2, 0.25) is 0 Å². The van der Waals surface area contributed by atoms with E-state index in [0.717, 1.165) is 36.4 Å². The summed E-state index contributed by atoms with van der Waals surface area (Å²) in [7, 11) is -4.27. The highest BCUT2D eigenvalue weighted by atomic mass is 35.5. The molecular formula is C15H12ClF3N2O4S. The Balaban J connectivity index is 2.55. The predicted octanol–water partition coefficient (Wildman–Crippen LogP) is 4.48. The summed E-state index contributed by atoms with van der Waals surface area (Å²) in [5.74, 6) is 0. The molecule has 0 bridgehead atoms. The van der Waals surface area contributed by atoms with E-state index >= 15 is 0 Å². The molecule has 0 unspecified atom stereocenters. The molecule has 0 aliphatic rings. The van der Waals surface area contributed by atoms with Crippen LogP contribution in [0, 0.1) is 10.1 Å². The lowest BCUT2D eigenvalue weighted by Gasteiger charge is -2.24. The minimum Gasteiger partial charge on any atom is -0.265 e. The van der Waals surface area contributed by atoms with Gasteiger partial charge in [-0.25, -0.2) is 8.42 Å². The predicted molar refractivity (Wildman–Crippen MR) is 89.8 cm³/mol. The third-order valence-electron chi connectivity index (χ3n) is 3.46. The number of nitrogens with zero attached hydrogens (tertiary/aromatic N) is 2. The van der Waals surface area contributed by atoms with Crippen LogP contribution >= 0.6 is 11.6 Å². The first kappa shape index (κ1) is 20.0. The number of anilines is 1. The minimum absolute atomic E-state index is 0.176. The number of hydrogen-bond donors (Lipinski definition) is 0. The van der Waals surface area contributed by atoms with Gasteiger partial charge in [0.15, 0.2) is 0 Å². The van der Waals surface area contributed by atoms with E-state index in [9.17, 15) is 31.7 Å². The van der Waals surface area contributed by atoms with Crippen LogP contribution in [0.1, 0.15) is 12.5 Å². The van der Waals surface area contributed by atoms with Crippen molar-refractivity contribution in [1.29, 1.82) is 0 Å². The maximum absolute atomic E-state index is 12.9. The fourth-order valence-corrected chi connectivity index (χ4v) is 3.97. The summed E-state index contributed by atoms with van der Waals surface area (Å²) in [6.07, 6.45) is -4.67. The van der Waals surface area contributed by atoms with E-state index < -0.39 is 26.7 Å². The van der Waals surface area contributed by atoms with Gasteiger partial charge in [-0.15, -0.1) is 0 Å². The third-order valence-corrected chi connectivity index (χ3v) is 5.69. The van der Waals surface area contributed by atoms with Crippen molar-refractivity contribution < 1.29 is 26.5 Å². The summed E-state index contributed by atoms with van der Waals surface area (Å²) in [6, 6.07) is 6.37. The van der Waals surface area contributed by atoms with E-state index in [2.05, 4.69) is 0 Å². The van der Waals surface area contributed by atoms with Crippen molar-refractivity contribution >= 4 is 33.0 Å². The number of alkyl halides is 3. The SMILES string of the molecule is CCN(c1cc(C(F)(F)F)ccc1Cl)S(=O)(=O)c1ccc([N+](=O)[O-])cc1. The third kappa shape index (κ3) is 3.91. The van der Waals surface area contributed by atoms with E-state index in [-0.39, 0.29) is 27.8 Å². The lowest BCUT2D eigenvalue weighted by atomic mass is 10.2. The number of nitro groups is 1. The molecule has 0 aromatic heterocycles. The summed E-state index contributed by atoms with van der Waals surface area (Å²) in [6.45, 7) is 1.24. The van der Waals surface area contributed by atoms with Crippen LogP contribution in [0.25, 0.3) is 0 Å². The first-order chi connectivity index (χ1) is 12.0. The second-order valence-electron chi connectivity index (χ2n) is 5.08. The number of rotatable bonds is 5. The summed E-state index contributed by atoms with van der Waals surface area (Å²) in [5.41, 5.74) is -1.69. The molecule has 2 aromatic rings. The van der Waals surface area contributed by atoms with Crippen molar-refractivity contribution in [3.8, 4) is 0 Å². The Morgan fingerprint density at radius 1 is 1.15 bits per heavy atom. The molecule has 0 fully saturated rings. The van der Waals surface area contributed by atoms with Gasteiger partial charge in [-0.2, -0.15) is 13.2 Å². The Hall–Kier alpha value is -2.33. The van der Waals surface area contributed by atoms with Gasteiger partial charge in [-0.3, -0.25) is 14.4 Å². The van der Waals surface area contributed by atoms with Crippen molar-refractivity contribution in [3.05, 3.63) is 63.2 Å². The Kier molecular flexibility index (Phi) is 5.47. The number of non-ortho nitro benzene ring substituents is 1. The minimum atomic E-state index is -4.67. The smallest absolute Gasteiger partial charge is 0.265 e. The van der Waals surface area contributed by atoms with Gasteiger partial charge in [0.1, 0.15) is 0 Å². The molecule has 140 valence electrons. The van der Waals surface area contributed by atoms with Gasteiger partial charge >= 0.3 is 6.18 Å². The normalized spacial score (nSPS) is 12.0. The molecular weight excluding hydrogens is 397 g/mol. The van der Waals surface area contributed by atoms with Crippen LogP contribution in [0.15, 0.2) is 47.4 Å². The molecule has 2 rings (SSSR count). The van der Waals surface area contributed by atoms with Crippen LogP contribution < -0.4 is 4.31 Å². The highest BCUT2D eigenvalue weighted by Crippen LogP contribution is 2.37. The molecule has 0 aliphatic carbocycles. The monoisotopic (exact) mass is 408 g/mol. The number of nitro benzene ring substituents is 1. The summed E-state index contributed by atoms with van der Waals surface area (Å²) < 4.78 is 65.1. The van der Waals surface area contributed by atoms with E-state index in [1.54, 1.807) is 0 Å². The summed E-state index contributed by atoms with van der Waals surface area (Å²) in [4.78, 5) is 9.67. The lowest BCUT2D eigenvalue weighted by molar-refractivity contribution is -0.384. The number of hydrogen-bond acceptors (Lipinski definition) is 4. The van der Waals surface area contributed by atoms with Crippen molar-refractivity contribution in [2.45, 2.75) is 18.0 Å². The zero-order chi connectivity index (χ0) is 19.7. The molecule has 0 saturated carbocycles. The first-order valence-corrected chi connectivity index (χ1v) is 8.94. The zero-order valence-corrected chi connectivity index (χ0v) is 14.8. The standard InChI is InChI=1S/C15H12ClF3N2O4S/c1-2-20(14-9-10(15(17,18)19)3-8-13(14)16)26(24,25)12-6-4-11(5-7-12)21(22)23/h3-9H,2H2,1H3. The molecule has 0 radical (unpaired) electrons. The molecule has 26 heavy (non-hydrogen) atoms. The molecule has 0 heterocycles. The maximum atomic E-state index is 12.9. The fraction of sp³-hybridized carbons (Fsp3) is 0.200. The van der Waals surface area contributed by atoms with Crippen LogP contribution in [0.3, 0.4) is 0 Å². The molecule has 0 spiro atoms. The van der Waals surface area contributed by atoms with Gasteiger partial charge in [0, 0.05) is 18.7 Å². The molecule has 6 nitrogen and oxygen atoms in total. The second-order valence-corrected chi connectivity index (χ2v) is 7.35. The van der Waals surface area contributed by atoms with Crippen LogP contribution in [0.4, 0.5) is 24.5 Å². The largest absolute Gasteiger partial charge is 0.416 e. The quantitative estimate of drug-likeness (QED) is 0.539. The molecule has 0 amide bonds. The lowest BCUT2D eigenvalue weighted by Crippen LogP contribution is -2.31. The zero-order valence-electron chi connectivity index (χ0n) is 13.2. The Bertz CT molecular complexity index is 931. The molecule has 0 N–H and O–H groups in total. The van der Waals surface area contributed by atoms with Gasteiger partial charge in [-0.1, -0.05) is 11.6 Å². The summed E-state index contributed by atoms with van der Waals surface area (Å²) in [5, 5.41) is 10.5. The Morgan fingerprint density at radius 2 is 1.73 bits per heavy atom. The second kappa shape index (κ2) is 7.12. The maximum Gasteiger partial charge on any atom is 0.416 e. The Morgan fingerprint density at radius 3 is 2.19 bits per heavy atom. The summed E-state index contributed by atoms with van der Waals surface area (Å²) >= 11 is 5.92. The average molecular weight is 409 g/mol. The van der Waals surface area contributed by atoms with Crippen LogP contribution in [0.5, 0.6) is 0 Å². The highest BCUT2D eigenvalue weighted by molar-refractivity contribution is 7.92. The molecule has 0 atom stereocenters.